The number of aromatic amines is 1. The van der Waals surface area contributed by atoms with Crippen LogP contribution < -0.4 is 5.56 Å². The topological polar surface area (TPSA) is 67.0 Å². The molecule has 0 aliphatic heterocycles. The van der Waals surface area contributed by atoms with Crippen LogP contribution in [0.5, 0.6) is 0 Å². The Labute approximate surface area is 80.5 Å². The van der Waals surface area contributed by atoms with E-state index >= 15 is 0 Å². The Morgan fingerprint density at radius 3 is 2.69 bits per heavy atom. The van der Waals surface area contributed by atoms with E-state index in [1.807, 2.05) is 0 Å². The molecule has 0 radical (unpaired) electrons. The van der Waals surface area contributed by atoms with Crippen LogP contribution in [0.3, 0.4) is 0 Å². The molecule has 13 heavy (non-hydrogen) atoms. The van der Waals surface area contributed by atoms with Crippen molar-refractivity contribution in [1.82, 2.24) is 4.98 Å². The van der Waals surface area contributed by atoms with E-state index in [9.17, 15) is 13.2 Å². The van der Waals surface area contributed by atoms with Crippen LogP contribution in [0, 0.1) is 0 Å². The standard InChI is InChI=1S/C7H8ClNO3S/c1-2-13(11,12)6-3-5(8)4-9-7(6)10/h3-4H,2H2,1H3,(H,9,10). The zero-order chi connectivity index (χ0) is 10.1. The van der Waals surface area contributed by atoms with Crippen LogP contribution in [-0.4, -0.2) is 19.2 Å². The van der Waals surface area contributed by atoms with Gasteiger partial charge in [0, 0.05) is 6.20 Å². The van der Waals surface area contributed by atoms with Gasteiger partial charge in [0.25, 0.3) is 5.56 Å². The van der Waals surface area contributed by atoms with Crippen LogP contribution in [0.1, 0.15) is 6.92 Å². The summed E-state index contributed by atoms with van der Waals surface area (Å²) in [5.74, 6) is -0.115. The van der Waals surface area contributed by atoms with E-state index in [0.29, 0.717) is 0 Å². The highest BCUT2D eigenvalue weighted by Gasteiger charge is 2.15. The molecule has 0 fully saturated rings. The molecule has 0 aromatic carbocycles. The van der Waals surface area contributed by atoms with Gasteiger partial charge in [-0.25, -0.2) is 8.42 Å². The number of rotatable bonds is 2. The van der Waals surface area contributed by atoms with Gasteiger partial charge in [0.05, 0.1) is 10.8 Å². The highest BCUT2D eigenvalue weighted by Crippen LogP contribution is 2.10. The summed E-state index contributed by atoms with van der Waals surface area (Å²) >= 11 is 5.55. The van der Waals surface area contributed by atoms with Crippen molar-refractivity contribution < 1.29 is 8.42 Å². The lowest BCUT2D eigenvalue weighted by atomic mass is 10.5. The molecule has 0 aliphatic rings. The predicted molar refractivity (Wildman–Crippen MR) is 49.8 cm³/mol. The van der Waals surface area contributed by atoms with E-state index in [1.54, 1.807) is 0 Å². The molecule has 0 spiro atoms. The minimum Gasteiger partial charge on any atom is -0.326 e. The maximum absolute atomic E-state index is 11.3. The highest BCUT2D eigenvalue weighted by atomic mass is 35.5. The van der Waals surface area contributed by atoms with Crippen LogP contribution in [0.25, 0.3) is 0 Å². The number of sulfone groups is 1. The van der Waals surface area contributed by atoms with E-state index < -0.39 is 15.4 Å². The molecule has 0 amide bonds. The first-order valence-corrected chi connectivity index (χ1v) is 5.61. The van der Waals surface area contributed by atoms with Crippen LogP contribution in [0.4, 0.5) is 0 Å². The van der Waals surface area contributed by atoms with Crippen LogP contribution in [-0.2, 0) is 9.84 Å². The van der Waals surface area contributed by atoms with Gasteiger partial charge in [0.2, 0.25) is 0 Å². The van der Waals surface area contributed by atoms with Gasteiger partial charge in [-0.3, -0.25) is 4.79 Å². The fourth-order valence-corrected chi connectivity index (χ4v) is 2.01. The monoisotopic (exact) mass is 221 g/mol. The Morgan fingerprint density at radius 1 is 1.54 bits per heavy atom. The molecule has 1 aromatic heterocycles. The lowest BCUT2D eigenvalue weighted by Crippen LogP contribution is -2.18. The number of hydrogen-bond donors (Lipinski definition) is 1. The molecule has 72 valence electrons. The molecule has 6 heteroatoms. The van der Waals surface area contributed by atoms with Crippen molar-refractivity contribution in [3.63, 3.8) is 0 Å². The number of halogens is 1. The lowest BCUT2D eigenvalue weighted by Gasteiger charge is -1.99. The molecule has 0 atom stereocenters. The molecular formula is C7H8ClNO3S. The molecule has 1 aromatic rings. The second-order valence-corrected chi connectivity index (χ2v) is 5.10. The summed E-state index contributed by atoms with van der Waals surface area (Å²) in [6, 6.07) is 1.15. The van der Waals surface area contributed by atoms with Gasteiger partial charge < -0.3 is 4.98 Å². The zero-order valence-corrected chi connectivity index (χ0v) is 8.45. The second kappa shape index (κ2) is 3.51. The maximum Gasteiger partial charge on any atom is 0.266 e. The Kier molecular flexibility index (Phi) is 2.77. The summed E-state index contributed by atoms with van der Waals surface area (Å²) in [6.07, 6.45) is 1.25. The summed E-state index contributed by atoms with van der Waals surface area (Å²) in [5.41, 5.74) is -0.633. The average Bonchev–Trinajstić information content (AvgIpc) is 2.09. The van der Waals surface area contributed by atoms with Gasteiger partial charge in [0.15, 0.2) is 9.84 Å². The molecule has 0 saturated carbocycles. The fourth-order valence-electron chi connectivity index (χ4n) is 0.825. The molecule has 0 aliphatic carbocycles. The van der Waals surface area contributed by atoms with E-state index in [-0.39, 0.29) is 15.7 Å². The van der Waals surface area contributed by atoms with Crippen molar-refractivity contribution in [2.45, 2.75) is 11.8 Å². The van der Waals surface area contributed by atoms with Crippen molar-refractivity contribution in [3.8, 4) is 0 Å². The van der Waals surface area contributed by atoms with Gasteiger partial charge >= 0.3 is 0 Å². The molecule has 0 bridgehead atoms. The van der Waals surface area contributed by atoms with Crippen LogP contribution in [0.2, 0.25) is 5.02 Å². The van der Waals surface area contributed by atoms with Gasteiger partial charge in [-0.2, -0.15) is 0 Å². The van der Waals surface area contributed by atoms with Crippen molar-refractivity contribution in [3.05, 3.63) is 27.6 Å². The normalized spacial score (nSPS) is 11.5. The van der Waals surface area contributed by atoms with Gasteiger partial charge in [-0.15, -0.1) is 0 Å². The molecule has 1 rings (SSSR count). The highest BCUT2D eigenvalue weighted by molar-refractivity contribution is 7.91. The third-order valence-electron chi connectivity index (χ3n) is 1.55. The van der Waals surface area contributed by atoms with Crippen molar-refractivity contribution >= 4 is 21.4 Å². The maximum atomic E-state index is 11.3. The summed E-state index contributed by atoms with van der Waals surface area (Å²) < 4.78 is 22.6. The Bertz CT molecular complexity index is 463. The Balaban J connectivity index is 3.47. The largest absolute Gasteiger partial charge is 0.326 e. The smallest absolute Gasteiger partial charge is 0.266 e. The molecule has 0 saturated heterocycles. The van der Waals surface area contributed by atoms with Crippen LogP contribution >= 0.6 is 11.6 Å². The van der Waals surface area contributed by atoms with Gasteiger partial charge in [0.1, 0.15) is 4.90 Å². The fraction of sp³-hybridized carbons (Fsp3) is 0.286. The zero-order valence-electron chi connectivity index (χ0n) is 6.87. The van der Waals surface area contributed by atoms with E-state index in [2.05, 4.69) is 4.98 Å². The number of pyridine rings is 1. The van der Waals surface area contributed by atoms with Gasteiger partial charge in [-0.05, 0) is 6.07 Å². The van der Waals surface area contributed by atoms with Crippen molar-refractivity contribution in [2.24, 2.45) is 0 Å². The number of H-pyrrole nitrogens is 1. The third kappa shape index (κ3) is 2.10. The average molecular weight is 222 g/mol. The molecule has 0 unspecified atom stereocenters. The second-order valence-electron chi connectivity index (χ2n) is 2.41. The Hall–Kier alpha value is -0.810. The van der Waals surface area contributed by atoms with E-state index in [1.165, 1.54) is 13.1 Å². The molecule has 4 nitrogen and oxygen atoms in total. The first kappa shape index (κ1) is 10.3. The van der Waals surface area contributed by atoms with E-state index in [0.717, 1.165) is 6.07 Å². The first-order valence-electron chi connectivity index (χ1n) is 3.58. The Morgan fingerprint density at radius 2 is 2.15 bits per heavy atom. The van der Waals surface area contributed by atoms with Crippen LogP contribution in [0.15, 0.2) is 22.0 Å². The molecular weight excluding hydrogens is 214 g/mol. The minimum absolute atomic E-state index is 0.115. The quantitative estimate of drug-likeness (QED) is 0.804. The van der Waals surface area contributed by atoms with E-state index in [4.69, 9.17) is 11.6 Å². The third-order valence-corrected chi connectivity index (χ3v) is 3.50. The number of nitrogens with one attached hydrogen (secondary N) is 1. The number of hydrogen-bond acceptors (Lipinski definition) is 3. The van der Waals surface area contributed by atoms with Crippen molar-refractivity contribution in [2.75, 3.05) is 5.75 Å². The summed E-state index contributed by atoms with van der Waals surface area (Å²) in [4.78, 5) is 13.1. The van der Waals surface area contributed by atoms with Crippen molar-refractivity contribution in [1.29, 1.82) is 0 Å². The summed E-state index contributed by atoms with van der Waals surface area (Å²) in [6.45, 7) is 1.47. The first-order chi connectivity index (χ1) is 5.97. The SMILES string of the molecule is CCS(=O)(=O)c1cc(Cl)c[nH]c1=O. The number of aromatic nitrogens is 1. The summed E-state index contributed by atoms with van der Waals surface area (Å²) in [5, 5.41) is 0.201. The molecule has 1 N–H and O–H groups in total. The minimum atomic E-state index is -3.48. The summed E-state index contributed by atoms with van der Waals surface area (Å²) in [7, 11) is -3.48. The lowest BCUT2D eigenvalue weighted by molar-refractivity contribution is 0.596. The molecule has 1 heterocycles. The predicted octanol–water partition coefficient (Wildman–Crippen LogP) is 0.822. The van der Waals surface area contributed by atoms with Gasteiger partial charge in [-0.1, -0.05) is 18.5 Å².